The number of alkyl halides is 3. The van der Waals surface area contributed by atoms with E-state index >= 15 is 0 Å². The van der Waals surface area contributed by atoms with Gasteiger partial charge in [0.1, 0.15) is 23.4 Å². The zero-order valence-electron chi connectivity index (χ0n) is 40.6. The average Bonchev–Trinajstić information content (AvgIpc) is 4.03. The molecule has 3 heterocycles. The number of benzene rings is 3. The summed E-state index contributed by atoms with van der Waals surface area (Å²) < 4.78 is 52.9. The molecule has 0 bridgehead atoms. The third-order valence-corrected chi connectivity index (χ3v) is 13.9. The van der Waals surface area contributed by atoms with E-state index in [0.29, 0.717) is 63.6 Å². The van der Waals surface area contributed by atoms with Crippen LogP contribution in [-0.4, -0.2) is 82.6 Å². The Balaban J connectivity index is 0.841. The van der Waals surface area contributed by atoms with Crippen molar-refractivity contribution in [3.8, 4) is 22.3 Å². The summed E-state index contributed by atoms with van der Waals surface area (Å²) in [5.41, 5.74) is 1.89. The predicted molar refractivity (Wildman–Crippen MR) is 268 cm³/mol. The zero-order chi connectivity index (χ0) is 50.8. The molecule has 13 nitrogen and oxygen atoms in total. The van der Waals surface area contributed by atoms with Crippen LogP contribution >= 0.6 is 23.6 Å². The minimum atomic E-state index is -4.79. The first-order chi connectivity index (χ1) is 33.2. The van der Waals surface area contributed by atoms with Crippen molar-refractivity contribution in [2.24, 2.45) is 5.41 Å². The average molecular weight is 1000 g/mol. The lowest BCUT2D eigenvalue weighted by molar-refractivity contribution is -0.144. The summed E-state index contributed by atoms with van der Waals surface area (Å²) in [6, 6.07) is 18.3. The van der Waals surface area contributed by atoms with E-state index in [1.807, 2.05) is 57.5 Å². The van der Waals surface area contributed by atoms with Gasteiger partial charge in [0, 0.05) is 38.4 Å². The number of hydrogen-bond acceptors (Lipinski definition) is 10. The molecule has 0 aliphatic carbocycles. The molecule has 374 valence electrons. The van der Waals surface area contributed by atoms with Crippen LogP contribution in [0.25, 0.3) is 10.4 Å². The standard InChI is InChI=1S/C52H62F3N7O6S2/c1-34-44(70-33-58-34)36-18-16-35(17-19-36)32-57-46(64)42-14-13-26-60(42)47(65)45(50(2,3)4)59-43(63)15-9-7-10-27-67-28-11-8-12-29-68-40-24-22-38(23-25-40)62-49(69)61(48(66)51(62,5)6)39-21-20-37(31-56)41(30-39)52(53,54)55/h16-25,30,33,42,45H,7-15,26-29,32H2,1-6H3,(H,57,64)(H,59,63)/t42-,45?/m0/s1. The van der Waals surface area contributed by atoms with Crippen molar-refractivity contribution >= 4 is 63.7 Å². The van der Waals surface area contributed by atoms with Crippen molar-refractivity contribution in [2.45, 2.75) is 130 Å². The maximum Gasteiger partial charge on any atom is 0.417 e. The fourth-order valence-electron chi connectivity index (χ4n) is 8.60. The Morgan fingerprint density at radius 3 is 2.23 bits per heavy atom. The van der Waals surface area contributed by atoms with E-state index < -0.39 is 46.2 Å². The summed E-state index contributed by atoms with van der Waals surface area (Å²) in [5, 5.41) is 15.2. The second kappa shape index (κ2) is 23.3. The molecule has 0 radical (unpaired) electrons. The third kappa shape index (κ3) is 13.1. The Morgan fingerprint density at radius 1 is 0.943 bits per heavy atom. The molecule has 2 saturated heterocycles. The number of ether oxygens (including phenoxy) is 2. The topological polar surface area (TPSA) is 157 Å². The zero-order valence-corrected chi connectivity index (χ0v) is 42.3. The second-order valence-electron chi connectivity index (χ2n) is 19.2. The number of rotatable bonds is 21. The normalized spacial score (nSPS) is 16.3. The molecule has 1 unspecified atom stereocenters. The van der Waals surface area contributed by atoms with Crippen LogP contribution in [0.2, 0.25) is 0 Å². The van der Waals surface area contributed by atoms with Crippen LogP contribution in [0.5, 0.6) is 5.75 Å². The Morgan fingerprint density at radius 2 is 1.60 bits per heavy atom. The van der Waals surface area contributed by atoms with Crippen LogP contribution in [0.4, 0.5) is 24.5 Å². The summed E-state index contributed by atoms with van der Waals surface area (Å²) >= 11 is 7.22. The van der Waals surface area contributed by atoms with Crippen LogP contribution in [0.3, 0.4) is 0 Å². The van der Waals surface area contributed by atoms with Crippen molar-refractivity contribution in [3.05, 3.63) is 94.6 Å². The van der Waals surface area contributed by atoms with Crippen LogP contribution in [0.1, 0.15) is 115 Å². The van der Waals surface area contributed by atoms with Crippen molar-refractivity contribution in [3.63, 3.8) is 0 Å². The van der Waals surface area contributed by atoms with E-state index in [4.69, 9.17) is 21.7 Å². The second-order valence-corrected chi connectivity index (χ2v) is 20.4. The number of unbranched alkanes of at least 4 members (excludes halogenated alkanes) is 4. The number of nitrogens with one attached hydrogen (secondary N) is 2. The van der Waals surface area contributed by atoms with E-state index in [0.717, 1.165) is 70.8 Å². The van der Waals surface area contributed by atoms with E-state index in [2.05, 4.69) is 15.6 Å². The number of halogens is 3. The molecular formula is C52H62F3N7O6S2. The highest BCUT2D eigenvalue weighted by Crippen LogP contribution is 2.40. The molecule has 2 fully saturated rings. The number of hydrogen-bond donors (Lipinski definition) is 2. The van der Waals surface area contributed by atoms with Gasteiger partial charge < -0.3 is 29.9 Å². The monoisotopic (exact) mass is 1000 g/mol. The number of thiazole rings is 1. The molecule has 4 aromatic rings. The molecule has 18 heteroatoms. The highest BCUT2D eigenvalue weighted by Gasteiger charge is 2.51. The first-order valence-corrected chi connectivity index (χ1v) is 25.0. The van der Waals surface area contributed by atoms with E-state index in [-0.39, 0.29) is 34.9 Å². The van der Waals surface area contributed by atoms with E-state index in [9.17, 15) is 37.6 Å². The number of nitrogens with zero attached hydrogens (tertiary/aromatic N) is 5. The quantitative estimate of drug-likeness (QED) is 0.0609. The largest absolute Gasteiger partial charge is 0.494 e. The van der Waals surface area contributed by atoms with Gasteiger partial charge in [-0.25, -0.2) is 4.98 Å². The van der Waals surface area contributed by atoms with Crippen molar-refractivity contribution in [2.75, 3.05) is 36.2 Å². The minimum absolute atomic E-state index is 0.0137. The van der Waals surface area contributed by atoms with Gasteiger partial charge in [-0.3, -0.25) is 24.1 Å². The number of anilines is 2. The molecular weight excluding hydrogens is 940 g/mol. The molecule has 4 amide bonds. The van der Waals surface area contributed by atoms with Gasteiger partial charge in [0.05, 0.1) is 45.6 Å². The van der Waals surface area contributed by atoms with Gasteiger partial charge in [-0.05, 0) is 137 Å². The van der Waals surface area contributed by atoms with Crippen LogP contribution in [0.15, 0.2) is 72.2 Å². The van der Waals surface area contributed by atoms with Gasteiger partial charge in [-0.15, -0.1) is 11.3 Å². The molecule has 3 aromatic carbocycles. The van der Waals surface area contributed by atoms with Gasteiger partial charge in [0.15, 0.2) is 5.11 Å². The Bertz CT molecular complexity index is 2540. The first kappa shape index (κ1) is 53.5. The number of nitriles is 1. The Hall–Kier alpha value is -5.90. The number of carbonyl (C=O) groups is 4. The van der Waals surface area contributed by atoms with Crippen molar-refractivity contribution in [1.29, 1.82) is 5.26 Å². The summed E-state index contributed by atoms with van der Waals surface area (Å²) in [4.78, 5) is 63.7. The van der Waals surface area contributed by atoms with E-state index in [1.54, 1.807) is 65.3 Å². The summed E-state index contributed by atoms with van der Waals surface area (Å²) in [6.45, 7) is 13.5. The maximum atomic E-state index is 14.0. The summed E-state index contributed by atoms with van der Waals surface area (Å²) in [5.74, 6) is -0.522. The molecule has 2 aliphatic rings. The van der Waals surface area contributed by atoms with Crippen LogP contribution in [0, 0.1) is 23.7 Å². The fraction of sp³-hybridized carbons (Fsp3) is 0.481. The molecule has 0 saturated carbocycles. The number of aryl methyl sites for hydroxylation is 1. The third-order valence-electron chi connectivity index (χ3n) is 12.5. The van der Waals surface area contributed by atoms with Gasteiger partial charge in [-0.2, -0.15) is 18.4 Å². The van der Waals surface area contributed by atoms with Gasteiger partial charge in [0.2, 0.25) is 17.7 Å². The fourth-order valence-corrected chi connectivity index (χ4v) is 9.94. The predicted octanol–water partition coefficient (Wildman–Crippen LogP) is 9.89. The smallest absolute Gasteiger partial charge is 0.417 e. The number of carbonyl (C=O) groups excluding carboxylic acids is 4. The van der Waals surface area contributed by atoms with Crippen LogP contribution in [-0.2, 0) is 36.6 Å². The minimum Gasteiger partial charge on any atom is -0.494 e. The maximum absolute atomic E-state index is 14.0. The van der Waals surface area contributed by atoms with Crippen LogP contribution < -0.4 is 25.2 Å². The lowest BCUT2D eigenvalue weighted by Gasteiger charge is -2.35. The highest BCUT2D eigenvalue weighted by atomic mass is 32.1. The van der Waals surface area contributed by atoms with Crippen molar-refractivity contribution < 1.29 is 41.8 Å². The summed E-state index contributed by atoms with van der Waals surface area (Å²) in [7, 11) is 0. The summed E-state index contributed by atoms with van der Waals surface area (Å²) in [6.07, 6.45) is 1.56. The molecule has 2 atom stereocenters. The molecule has 2 aliphatic heterocycles. The number of likely N-dealkylation sites (tertiary alicyclic amines) is 1. The number of thiocarbonyl (C=S) groups is 1. The first-order valence-electron chi connectivity index (χ1n) is 23.7. The molecule has 0 spiro atoms. The Labute approximate surface area is 417 Å². The molecule has 6 rings (SSSR count). The number of amides is 4. The van der Waals surface area contributed by atoms with Gasteiger partial charge in [0.25, 0.3) is 5.91 Å². The molecule has 70 heavy (non-hydrogen) atoms. The van der Waals surface area contributed by atoms with E-state index in [1.165, 1.54) is 6.07 Å². The van der Waals surface area contributed by atoms with Gasteiger partial charge in [-0.1, -0.05) is 51.5 Å². The highest BCUT2D eigenvalue weighted by molar-refractivity contribution is 7.81. The Kier molecular flexibility index (Phi) is 17.8. The SMILES string of the molecule is Cc1ncsc1-c1ccc(CNC(=O)[C@@H]2CCCN2C(=O)C(NC(=O)CCCCCOCCCCCOc2ccc(N3C(=S)N(c4ccc(C#N)c(C(F)(F)F)c4)C(=O)C3(C)C)cc2)C(C)(C)C)cc1. The van der Waals surface area contributed by atoms with Gasteiger partial charge >= 0.3 is 6.18 Å². The van der Waals surface area contributed by atoms with Crippen molar-refractivity contribution in [1.82, 2.24) is 20.5 Å². The molecule has 1 aromatic heterocycles. The molecule has 2 N–H and O–H groups in total. The number of aromatic nitrogens is 1. The lowest BCUT2D eigenvalue weighted by Crippen LogP contribution is -2.57. The lowest BCUT2D eigenvalue weighted by atomic mass is 9.85.